The van der Waals surface area contributed by atoms with Gasteiger partial charge in [-0.05, 0) is 23.8 Å². The quantitative estimate of drug-likeness (QED) is 0.539. The molecule has 0 saturated heterocycles. The van der Waals surface area contributed by atoms with Crippen LogP contribution in [0.3, 0.4) is 0 Å². The van der Waals surface area contributed by atoms with Gasteiger partial charge in [0.1, 0.15) is 11.6 Å². The lowest BCUT2D eigenvalue weighted by Crippen LogP contribution is -2.49. The minimum Gasteiger partial charge on any atom is -0.394 e. The van der Waals surface area contributed by atoms with Gasteiger partial charge in [0.25, 0.3) is 11.5 Å². The second-order valence-corrected chi connectivity index (χ2v) is 6.76. The maximum absolute atomic E-state index is 13.0. The molecule has 0 aliphatic heterocycles. The molecule has 2 heterocycles. The molecule has 0 fully saturated rings. The molecule has 0 aliphatic rings. The van der Waals surface area contributed by atoms with Crippen LogP contribution in [0.2, 0.25) is 0 Å². The number of carbonyl (C=O) groups is 1. The molecule has 0 spiro atoms. The van der Waals surface area contributed by atoms with Crippen molar-refractivity contribution in [1.29, 1.82) is 0 Å². The van der Waals surface area contributed by atoms with Crippen LogP contribution in [0.4, 0.5) is 17.6 Å². The number of amides is 1. The number of rotatable bonds is 7. The van der Waals surface area contributed by atoms with Gasteiger partial charge in [-0.1, -0.05) is 24.3 Å². The number of carbonyl (C=O) groups excluding carboxylic acids is 1. The Labute approximate surface area is 179 Å². The minimum atomic E-state index is -4.91. The predicted molar refractivity (Wildman–Crippen MR) is 107 cm³/mol. The summed E-state index contributed by atoms with van der Waals surface area (Å²) in [5, 5.41) is 14.8. The number of nitrogens with one attached hydrogen (secondary N) is 1. The summed E-state index contributed by atoms with van der Waals surface area (Å²) in [6.07, 6.45) is -1.95. The van der Waals surface area contributed by atoms with Crippen molar-refractivity contribution in [3.05, 3.63) is 76.3 Å². The molecule has 1 aromatic carbocycles. The first-order chi connectivity index (χ1) is 15.2. The highest BCUT2D eigenvalue weighted by Crippen LogP contribution is 2.21. The second kappa shape index (κ2) is 9.69. The molecule has 168 valence electrons. The van der Waals surface area contributed by atoms with Crippen LogP contribution >= 0.6 is 0 Å². The first kappa shape index (κ1) is 23.1. The molecular formula is C21H18F4N4O3. The molecule has 3 rings (SSSR count). The van der Waals surface area contributed by atoms with Gasteiger partial charge < -0.3 is 10.4 Å². The van der Waals surface area contributed by atoms with Crippen LogP contribution in [0.25, 0.3) is 16.9 Å². The number of hydrogen-bond donors (Lipinski definition) is 2. The molecule has 1 atom stereocenters. The monoisotopic (exact) mass is 450 g/mol. The number of pyridine rings is 1. The van der Waals surface area contributed by atoms with Gasteiger partial charge in [0.05, 0.1) is 30.9 Å². The topological polar surface area (TPSA) is 97.1 Å². The van der Waals surface area contributed by atoms with E-state index in [0.29, 0.717) is 11.1 Å². The fourth-order valence-corrected chi connectivity index (χ4v) is 2.87. The minimum absolute atomic E-state index is 0.123. The van der Waals surface area contributed by atoms with Gasteiger partial charge in [0.15, 0.2) is 0 Å². The van der Waals surface area contributed by atoms with E-state index in [1.807, 2.05) is 0 Å². The number of aliphatic hydroxyl groups is 1. The Balaban J connectivity index is 2.11. The van der Waals surface area contributed by atoms with Gasteiger partial charge in [-0.15, -0.1) is 0 Å². The normalized spacial score (nSPS) is 12.4. The number of benzene rings is 1. The van der Waals surface area contributed by atoms with Crippen molar-refractivity contribution in [2.75, 3.05) is 13.3 Å². The van der Waals surface area contributed by atoms with E-state index < -0.39 is 42.5 Å². The van der Waals surface area contributed by atoms with Crippen molar-refractivity contribution in [2.24, 2.45) is 0 Å². The van der Waals surface area contributed by atoms with Crippen LogP contribution in [0.1, 0.15) is 15.9 Å². The van der Waals surface area contributed by atoms with Crippen LogP contribution in [0.5, 0.6) is 0 Å². The molecule has 7 nitrogen and oxygen atoms in total. The first-order valence-electron chi connectivity index (χ1n) is 9.43. The van der Waals surface area contributed by atoms with Gasteiger partial charge >= 0.3 is 6.18 Å². The summed E-state index contributed by atoms with van der Waals surface area (Å²) in [5.74, 6) is -1.32. The van der Waals surface area contributed by atoms with Gasteiger partial charge in [0.2, 0.25) is 0 Å². The maximum Gasteiger partial charge on any atom is 0.410 e. The Bertz CT molecular complexity index is 1130. The molecular weight excluding hydrogens is 432 g/mol. The SMILES string of the molecule is O=C(NC(CO)C(F)(F)F)c1cc(-c2ccc(CCF)cc2)nn(-c2cccnc2)c1=O. The summed E-state index contributed by atoms with van der Waals surface area (Å²) in [6, 6.07) is 8.01. The lowest BCUT2D eigenvalue weighted by Gasteiger charge is -2.19. The zero-order valence-electron chi connectivity index (χ0n) is 16.5. The molecule has 1 amide bonds. The molecule has 2 aromatic heterocycles. The molecule has 0 radical (unpaired) electrons. The van der Waals surface area contributed by atoms with Crippen LogP contribution < -0.4 is 10.9 Å². The number of alkyl halides is 4. The average Bonchev–Trinajstić information content (AvgIpc) is 2.78. The Morgan fingerprint density at radius 3 is 2.47 bits per heavy atom. The molecule has 0 aliphatic carbocycles. The summed E-state index contributed by atoms with van der Waals surface area (Å²) in [5.41, 5.74) is -0.0870. The first-order valence-corrected chi connectivity index (χ1v) is 9.43. The molecule has 0 saturated carbocycles. The number of halogens is 4. The van der Waals surface area contributed by atoms with Gasteiger partial charge in [-0.25, -0.2) is 0 Å². The molecule has 1 unspecified atom stereocenters. The molecule has 3 aromatic rings. The zero-order valence-corrected chi connectivity index (χ0v) is 16.5. The van der Waals surface area contributed by atoms with Crippen molar-refractivity contribution in [3.63, 3.8) is 0 Å². The molecule has 0 bridgehead atoms. The third-order valence-corrected chi connectivity index (χ3v) is 4.56. The lowest BCUT2D eigenvalue weighted by molar-refractivity contribution is -0.161. The van der Waals surface area contributed by atoms with Crippen molar-refractivity contribution in [3.8, 4) is 16.9 Å². The average molecular weight is 450 g/mol. The van der Waals surface area contributed by atoms with E-state index in [-0.39, 0.29) is 17.8 Å². The fraction of sp³-hybridized carbons (Fsp3) is 0.238. The number of hydrogen-bond acceptors (Lipinski definition) is 5. The van der Waals surface area contributed by atoms with E-state index in [4.69, 9.17) is 5.11 Å². The van der Waals surface area contributed by atoms with Crippen LogP contribution in [-0.4, -0.2) is 51.3 Å². The number of aryl methyl sites for hydroxylation is 1. The summed E-state index contributed by atoms with van der Waals surface area (Å²) < 4.78 is 52.3. The van der Waals surface area contributed by atoms with Crippen LogP contribution in [0, 0.1) is 0 Å². The second-order valence-electron chi connectivity index (χ2n) is 6.76. The Kier molecular flexibility index (Phi) is 6.98. The van der Waals surface area contributed by atoms with E-state index in [1.165, 1.54) is 24.5 Å². The van der Waals surface area contributed by atoms with Gasteiger partial charge in [-0.3, -0.25) is 19.0 Å². The largest absolute Gasteiger partial charge is 0.410 e. The number of aromatic nitrogens is 3. The van der Waals surface area contributed by atoms with Gasteiger partial charge in [-0.2, -0.15) is 23.0 Å². The Hall–Kier alpha value is -3.60. The summed E-state index contributed by atoms with van der Waals surface area (Å²) in [4.78, 5) is 29.3. The summed E-state index contributed by atoms with van der Waals surface area (Å²) in [7, 11) is 0. The van der Waals surface area contributed by atoms with Crippen molar-refractivity contribution in [2.45, 2.75) is 18.6 Å². The van der Waals surface area contributed by atoms with Crippen molar-refractivity contribution >= 4 is 5.91 Å². The van der Waals surface area contributed by atoms with Crippen LogP contribution in [0.15, 0.2) is 59.7 Å². The highest BCUT2D eigenvalue weighted by Gasteiger charge is 2.40. The molecule has 32 heavy (non-hydrogen) atoms. The fourth-order valence-electron chi connectivity index (χ4n) is 2.87. The van der Waals surface area contributed by atoms with E-state index in [1.54, 1.807) is 29.6 Å². The van der Waals surface area contributed by atoms with Crippen molar-refractivity contribution < 1.29 is 27.5 Å². The Morgan fingerprint density at radius 2 is 1.91 bits per heavy atom. The van der Waals surface area contributed by atoms with Crippen LogP contribution in [-0.2, 0) is 6.42 Å². The molecule has 2 N–H and O–H groups in total. The zero-order chi connectivity index (χ0) is 23.3. The highest BCUT2D eigenvalue weighted by atomic mass is 19.4. The van der Waals surface area contributed by atoms with E-state index in [9.17, 15) is 27.2 Å². The Morgan fingerprint density at radius 1 is 1.19 bits per heavy atom. The smallest absolute Gasteiger partial charge is 0.394 e. The molecule has 11 heteroatoms. The van der Waals surface area contributed by atoms with Crippen molar-refractivity contribution in [1.82, 2.24) is 20.1 Å². The number of aliphatic hydroxyl groups excluding tert-OH is 1. The lowest BCUT2D eigenvalue weighted by atomic mass is 10.1. The van der Waals surface area contributed by atoms with Gasteiger partial charge in [0, 0.05) is 18.2 Å². The third kappa shape index (κ3) is 5.17. The predicted octanol–water partition coefficient (Wildman–Crippen LogP) is 2.46. The maximum atomic E-state index is 13.0. The van der Waals surface area contributed by atoms with E-state index in [0.717, 1.165) is 10.7 Å². The highest BCUT2D eigenvalue weighted by molar-refractivity contribution is 5.95. The standard InChI is InChI=1S/C21H18F4N4O3/c22-8-7-13-3-5-14(6-4-13)17-10-16(19(31)27-18(12-30)21(23,24)25)20(32)29(28-17)15-2-1-9-26-11-15/h1-6,9-11,18,30H,7-8,12H2,(H,27,31). The van der Waals surface area contributed by atoms with E-state index >= 15 is 0 Å². The summed E-state index contributed by atoms with van der Waals surface area (Å²) in [6.45, 7) is -1.93. The third-order valence-electron chi connectivity index (χ3n) is 4.56. The summed E-state index contributed by atoms with van der Waals surface area (Å²) >= 11 is 0. The van der Waals surface area contributed by atoms with E-state index in [2.05, 4.69) is 10.1 Å². The number of nitrogens with zero attached hydrogens (tertiary/aromatic N) is 3.